The smallest absolute Gasteiger partial charge is 0.131 e. The van der Waals surface area contributed by atoms with Crippen molar-refractivity contribution in [1.82, 2.24) is 0 Å². The molecule has 1 unspecified atom stereocenters. The first-order chi connectivity index (χ1) is 16.8. The molecule has 0 radical (unpaired) electrons. The van der Waals surface area contributed by atoms with Gasteiger partial charge in [-0.05, 0) is 51.8 Å². The fourth-order valence-corrected chi connectivity index (χ4v) is 4.53. The minimum Gasteiger partial charge on any atom is -0.370 e. The lowest BCUT2D eigenvalue weighted by molar-refractivity contribution is -0.108. The van der Waals surface area contributed by atoms with Crippen LogP contribution in [0.4, 0.5) is 5.69 Å². The predicted molar refractivity (Wildman–Crippen MR) is 148 cm³/mol. The fraction of sp³-hybridized carbons (Fsp3) is 0.242. The maximum atomic E-state index is 12.4. The Labute approximate surface area is 210 Å². The number of benzene rings is 4. The van der Waals surface area contributed by atoms with E-state index in [0.717, 1.165) is 35.2 Å². The van der Waals surface area contributed by atoms with Crippen LogP contribution in [0.2, 0.25) is 0 Å². The average Bonchev–Trinajstić information content (AvgIpc) is 2.86. The lowest BCUT2D eigenvalue weighted by Crippen LogP contribution is -2.19. The van der Waals surface area contributed by atoms with Crippen molar-refractivity contribution in [3.63, 3.8) is 0 Å². The van der Waals surface area contributed by atoms with Gasteiger partial charge in [0, 0.05) is 19.3 Å². The van der Waals surface area contributed by atoms with Crippen molar-refractivity contribution in [3.05, 3.63) is 125 Å². The predicted octanol–water partition coefficient (Wildman–Crippen LogP) is 7.93. The molecule has 0 N–H and O–H groups in total. The van der Waals surface area contributed by atoms with Crippen LogP contribution in [0.3, 0.4) is 0 Å². The Morgan fingerprint density at radius 1 is 0.800 bits per heavy atom. The normalized spacial score (nSPS) is 12.3. The topological polar surface area (TPSA) is 20.3 Å². The lowest BCUT2D eigenvalue weighted by Gasteiger charge is -2.26. The zero-order chi connectivity index (χ0) is 25.0. The highest BCUT2D eigenvalue weighted by molar-refractivity contribution is 5.78. The molecule has 4 aromatic rings. The van der Waals surface area contributed by atoms with Crippen LogP contribution in [0, 0.1) is 6.92 Å². The molecule has 178 valence electrons. The van der Waals surface area contributed by atoms with Gasteiger partial charge in [-0.3, -0.25) is 0 Å². The Morgan fingerprint density at radius 3 is 2.03 bits per heavy atom. The van der Waals surface area contributed by atoms with Gasteiger partial charge in [-0.1, -0.05) is 117 Å². The standard InChI is InChI=1S/C33H35NO/c1-24-11-13-27(14-12-24)31(23-35)30-20-17-28(26-15-18-29(19-16-26)33(2,3)4)21-32(30)34(5)22-25-9-7-6-8-10-25/h6-21,23,31H,22H2,1-5H3. The zero-order valence-electron chi connectivity index (χ0n) is 21.5. The maximum Gasteiger partial charge on any atom is 0.131 e. The summed E-state index contributed by atoms with van der Waals surface area (Å²) < 4.78 is 0. The van der Waals surface area contributed by atoms with E-state index in [2.05, 4.69) is 131 Å². The SMILES string of the molecule is Cc1ccc(C(C=O)c2ccc(-c3ccc(C(C)(C)C)cc3)cc2N(C)Cc2ccccc2)cc1. The molecule has 0 spiro atoms. The summed E-state index contributed by atoms with van der Waals surface area (Å²) in [5, 5.41) is 0. The van der Waals surface area contributed by atoms with E-state index in [1.807, 2.05) is 6.07 Å². The van der Waals surface area contributed by atoms with E-state index in [1.54, 1.807) is 0 Å². The molecule has 0 aliphatic carbocycles. The Kier molecular flexibility index (Phi) is 7.21. The summed E-state index contributed by atoms with van der Waals surface area (Å²) in [6, 6.07) is 34.1. The van der Waals surface area contributed by atoms with Crippen LogP contribution in [-0.4, -0.2) is 13.3 Å². The summed E-state index contributed by atoms with van der Waals surface area (Å²) in [5.41, 5.74) is 9.31. The number of nitrogens with zero attached hydrogens (tertiary/aromatic N) is 1. The molecule has 0 saturated heterocycles. The van der Waals surface area contributed by atoms with Crippen molar-refractivity contribution in [2.24, 2.45) is 0 Å². The first kappa shape index (κ1) is 24.5. The van der Waals surface area contributed by atoms with Gasteiger partial charge in [0.1, 0.15) is 6.29 Å². The Bertz CT molecular complexity index is 1270. The van der Waals surface area contributed by atoms with Gasteiger partial charge in [0.25, 0.3) is 0 Å². The number of rotatable bonds is 7. The molecule has 2 heteroatoms. The molecular formula is C33H35NO. The summed E-state index contributed by atoms with van der Waals surface area (Å²) in [5.74, 6) is -0.318. The molecule has 0 heterocycles. The van der Waals surface area contributed by atoms with E-state index in [1.165, 1.54) is 22.3 Å². The molecule has 0 bridgehead atoms. The van der Waals surface area contributed by atoms with Gasteiger partial charge in [0.15, 0.2) is 0 Å². The van der Waals surface area contributed by atoms with Crippen LogP contribution in [0.5, 0.6) is 0 Å². The Morgan fingerprint density at radius 2 is 1.43 bits per heavy atom. The molecule has 0 saturated carbocycles. The number of aryl methyl sites for hydroxylation is 1. The van der Waals surface area contributed by atoms with Gasteiger partial charge in [0.2, 0.25) is 0 Å². The number of aldehydes is 1. The second kappa shape index (κ2) is 10.3. The summed E-state index contributed by atoms with van der Waals surface area (Å²) in [6.07, 6.45) is 1.07. The van der Waals surface area contributed by atoms with E-state index in [9.17, 15) is 4.79 Å². The fourth-order valence-electron chi connectivity index (χ4n) is 4.53. The largest absolute Gasteiger partial charge is 0.370 e. The molecule has 0 fully saturated rings. The minimum atomic E-state index is -0.318. The van der Waals surface area contributed by atoms with Gasteiger partial charge in [-0.15, -0.1) is 0 Å². The number of carbonyl (C=O) groups excluding carboxylic acids is 1. The van der Waals surface area contributed by atoms with Gasteiger partial charge >= 0.3 is 0 Å². The summed E-state index contributed by atoms with van der Waals surface area (Å²) in [7, 11) is 2.11. The number of carbonyl (C=O) groups is 1. The van der Waals surface area contributed by atoms with Gasteiger partial charge in [-0.25, -0.2) is 0 Å². The Balaban J connectivity index is 1.78. The molecule has 4 aromatic carbocycles. The summed E-state index contributed by atoms with van der Waals surface area (Å²) in [4.78, 5) is 14.6. The lowest BCUT2D eigenvalue weighted by atomic mass is 9.85. The van der Waals surface area contributed by atoms with Crippen molar-refractivity contribution in [2.75, 3.05) is 11.9 Å². The van der Waals surface area contributed by atoms with E-state index in [4.69, 9.17) is 0 Å². The number of hydrogen-bond acceptors (Lipinski definition) is 2. The summed E-state index contributed by atoms with van der Waals surface area (Å²) in [6.45, 7) is 9.53. The number of anilines is 1. The molecule has 2 nitrogen and oxygen atoms in total. The van der Waals surface area contributed by atoms with Crippen LogP contribution in [0.15, 0.2) is 97.1 Å². The van der Waals surface area contributed by atoms with Gasteiger partial charge in [-0.2, -0.15) is 0 Å². The van der Waals surface area contributed by atoms with E-state index < -0.39 is 0 Å². The third-order valence-corrected chi connectivity index (χ3v) is 6.70. The minimum absolute atomic E-state index is 0.120. The zero-order valence-corrected chi connectivity index (χ0v) is 21.5. The molecule has 0 aliphatic heterocycles. The van der Waals surface area contributed by atoms with Crippen molar-refractivity contribution in [1.29, 1.82) is 0 Å². The first-order valence-electron chi connectivity index (χ1n) is 12.3. The third-order valence-electron chi connectivity index (χ3n) is 6.70. The molecule has 0 aliphatic rings. The maximum absolute atomic E-state index is 12.4. The summed E-state index contributed by atoms with van der Waals surface area (Å²) >= 11 is 0. The highest BCUT2D eigenvalue weighted by atomic mass is 16.1. The average molecular weight is 462 g/mol. The van der Waals surface area contributed by atoms with Crippen LogP contribution >= 0.6 is 0 Å². The quantitative estimate of drug-likeness (QED) is 0.260. The van der Waals surface area contributed by atoms with Crippen molar-refractivity contribution in [3.8, 4) is 11.1 Å². The second-order valence-electron chi connectivity index (χ2n) is 10.5. The van der Waals surface area contributed by atoms with Gasteiger partial charge in [0.05, 0.1) is 5.92 Å². The highest BCUT2D eigenvalue weighted by Crippen LogP contribution is 2.36. The Hall–Kier alpha value is -3.65. The van der Waals surface area contributed by atoms with Crippen LogP contribution in [-0.2, 0) is 16.8 Å². The monoisotopic (exact) mass is 461 g/mol. The molecular weight excluding hydrogens is 426 g/mol. The van der Waals surface area contributed by atoms with Crippen molar-refractivity contribution in [2.45, 2.75) is 45.6 Å². The van der Waals surface area contributed by atoms with Crippen LogP contribution < -0.4 is 4.90 Å². The van der Waals surface area contributed by atoms with Gasteiger partial charge < -0.3 is 9.69 Å². The van der Waals surface area contributed by atoms with E-state index in [0.29, 0.717) is 0 Å². The molecule has 1 atom stereocenters. The van der Waals surface area contributed by atoms with Crippen LogP contribution in [0.1, 0.15) is 54.5 Å². The molecule has 4 rings (SSSR count). The molecule has 0 aromatic heterocycles. The third kappa shape index (κ3) is 5.71. The molecule has 0 amide bonds. The van der Waals surface area contributed by atoms with E-state index >= 15 is 0 Å². The van der Waals surface area contributed by atoms with Crippen molar-refractivity contribution >= 4 is 12.0 Å². The van der Waals surface area contributed by atoms with E-state index in [-0.39, 0.29) is 11.3 Å². The second-order valence-corrected chi connectivity index (χ2v) is 10.5. The molecule has 35 heavy (non-hydrogen) atoms. The van der Waals surface area contributed by atoms with Crippen molar-refractivity contribution < 1.29 is 4.79 Å². The first-order valence-corrected chi connectivity index (χ1v) is 12.3. The van der Waals surface area contributed by atoms with Crippen LogP contribution in [0.25, 0.3) is 11.1 Å². The highest BCUT2D eigenvalue weighted by Gasteiger charge is 2.20. The number of hydrogen-bond donors (Lipinski definition) is 0.